The Morgan fingerprint density at radius 1 is 1.13 bits per heavy atom. The van der Waals surface area contributed by atoms with Crippen molar-refractivity contribution in [3.05, 3.63) is 28.9 Å². The Balaban J connectivity index is 2.15. The van der Waals surface area contributed by atoms with E-state index in [4.69, 9.17) is 35.8 Å². The van der Waals surface area contributed by atoms with Crippen molar-refractivity contribution in [2.45, 2.75) is 0 Å². The van der Waals surface area contributed by atoms with E-state index in [1.807, 2.05) is 6.07 Å². The van der Waals surface area contributed by atoms with E-state index in [2.05, 4.69) is 4.98 Å². The molecule has 0 radical (unpaired) electrons. The number of rotatable bonds is 8. The number of aromatic nitrogens is 1. The van der Waals surface area contributed by atoms with Crippen molar-refractivity contribution in [3.63, 3.8) is 0 Å². The second-order valence-corrected chi connectivity index (χ2v) is 4.95. The maximum Gasteiger partial charge on any atom is 0.163 e. The van der Waals surface area contributed by atoms with Crippen LogP contribution in [-0.4, -0.2) is 45.6 Å². The smallest absolute Gasteiger partial charge is 0.163 e. The van der Waals surface area contributed by atoms with Crippen LogP contribution < -0.4 is 9.47 Å². The van der Waals surface area contributed by atoms with Gasteiger partial charge in [0.2, 0.25) is 0 Å². The van der Waals surface area contributed by atoms with Gasteiger partial charge in [-0.25, -0.2) is 0 Å². The predicted molar refractivity (Wildman–Crippen MR) is 86.2 cm³/mol. The van der Waals surface area contributed by atoms with Gasteiger partial charge in [-0.15, -0.1) is 0 Å². The summed E-state index contributed by atoms with van der Waals surface area (Å²) >= 11 is 6.21. The SMILES string of the molecule is COCCOCCOc1cc2ncc(C#N)c(Cl)c2cc1OC. The Bertz CT molecular complexity index is 715. The van der Waals surface area contributed by atoms with E-state index in [9.17, 15) is 0 Å². The van der Waals surface area contributed by atoms with Crippen LogP contribution >= 0.6 is 11.6 Å². The first-order valence-electron chi connectivity index (χ1n) is 6.97. The fourth-order valence-electron chi connectivity index (χ4n) is 1.97. The Kier molecular flexibility index (Phi) is 6.41. The molecule has 122 valence electrons. The molecule has 0 spiro atoms. The minimum absolute atomic E-state index is 0.321. The minimum atomic E-state index is 0.321. The van der Waals surface area contributed by atoms with E-state index >= 15 is 0 Å². The van der Waals surface area contributed by atoms with Gasteiger partial charge in [-0.2, -0.15) is 5.26 Å². The normalized spacial score (nSPS) is 10.5. The van der Waals surface area contributed by atoms with Crippen molar-refractivity contribution in [2.24, 2.45) is 0 Å². The van der Waals surface area contributed by atoms with Gasteiger partial charge in [0.1, 0.15) is 12.7 Å². The summed E-state index contributed by atoms with van der Waals surface area (Å²) in [5, 5.41) is 10.0. The number of methoxy groups -OCH3 is 2. The van der Waals surface area contributed by atoms with Gasteiger partial charge in [-0.1, -0.05) is 11.6 Å². The lowest BCUT2D eigenvalue weighted by Crippen LogP contribution is -2.10. The second-order valence-electron chi connectivity index (χ2n) is 4.57. The third-order valence-corrected chi connectivity index (χ3v) is 3.53. The van der Waals surface area contributed by atoms with Crippen molar-refractivity contribution in [3.8, 4) is 17.6 Å². The summed E-state index contributed by atoms with van der Waals surface area (Å²) in [5.41, 5.74) is 0.950. The van der Waals surface area contributed by atoms with Crippen LogP contribution in [0.15, 0.2) is 18.3 Å². The Labute approximate surface area is 139 Å². The van der Waals surface area contributed by atoms with Gasteiger partial charge >= 0.3 is 0 Å². The fraction of sp³-hybridized carbons (Fsp3) is 0.375. The van der Waals surface area contributed by atoms with Crippen molar-refractivity contribution in [1.29, 1.82) is 5.26 Å². The van der Waals surface area contributed by atoms with Crippen LogP contribution in [0, 0.1) is 11.3 Å². The second kappa shape index (κ2) is 8.53. The van der Waals surface area contributed by atoms with Gasteiger partial charge in [-0.05, 0) is 6.07 Å². The topological polar surface area (TPSA) is 73.6 Å². The summed E-state index contributed by atoms with van der Waals surface area (Å²) in [5.74, 6) is 1.07. The van der Waals surface area contributed by atoms with Crippen LogP contribution in [-0.2, 0) is 9.47 Å². The maximum atomic E-state index is 9.01. The molecular weight excluding hydrogens is 320 g/mol. The molecule has 0 unspecified atom stereocenters. The van der Waals surface area contributed by atoms with Crippen LogP contribution in [0.2, 0.25) is 5.02 Å². The van der Waals surface area contributed by atoms with E-state index in [1.165, 1.54) is 6.20 Å². The lowest BCUT2D eigenvalue weighted by atomic mass is 10.1. The van der Waals surface area contributed by atoms with Gasteiger partial charge < -0.3 is 18.9 Å². The standard InChI is InChI=1S/C16H17ClN2O4/c1-20-3-4-22-5-6-23-15-8-13-12(7-14(15)21-2)16(17)11(9-18)10-19-13/h7-8,10H,3-6H2,1-2H3. The average Bonchev–Trinajstić information content (AvgIpc) is 2.58. The van der Waals surface area contributed by atoms with Crippen LogP contribution in [0.5, 0.6) is 11.5 Å². The molecule has 1 heterocycles. The summed E-state index contributed by atoms with van der Waals surface area (Å²) in [4.78, 5) is 4.23. The zero-order valence-electron chi connectivity index (χ0n) is 13.0. The largest absolute Gasteiger partial charge is 0.493 e. The molecule has 6 nitrogen and oxygen atoms in total. The molecule has 2 aromatic rings. The molecule has 1 aromatic heterocycles. The van der Waals surface area contributed by atoms with E-state index in [1.54, 1.807) is 26.4 Å². The number of halogens is 1. The van der Waals surface area contributed by atoms with Crippen molar-refractivity contribution >= 4 is 22.5 Å². The predicted octanol–water partition coefficient (Wildman–Crippen LogP) is 2.81. The van der Waals surface area contributed by atoms with Crippen LogP contribution in [0.25, 0.3) is 10.9 Å². The molecule has 0 aliphatic heterocycles. The highest BCUT2D eigenvalue weighted by atomic mass is 35.5. The van der Waals surface area contributed by atoms with Gasteiger partial charge in [0.15, 0.2) is 11.5 Å². The van der Waals surface area contributed by atoms with Crippen LogP contribution in [0.4, 0.5) is 0 Å². The van der Waals surface area contributed by atoms with Crippen molar-refractivity contribution in [2.75, 3.05) is 40.6 Å². The summed E-state index contributed by atoms with van der Waals surface area (Å²) in [6.45, 7) is 1.87. The van der Waals surface area contributed by atoms with Gasteiger partial charge in [0, 0.05) is 24.8 Å². The highest BCUT2D eigenvalue weighted by molar-refractivity contribution is 6.36. The number of fused-ring (bicyclic) bond motifs is 1. The van der Waals surface area contributed by atoms with E-state index in [-0.39, 0.29) is 0 Å². The zero-order valence-corrected chi connectivity index (χ0v) is 13.7. The molecule has 0 fully saturated rings. The highest BCUT2D eigenvalue weighted by Crippen LogP contribution is 2.35. The molecule has 0 atom stereocenters. The summed E-state index contributed by atoms with van der Waals surface area (Å²) in [6, 6.07) is 5.45. The first-order valence-corrected chi connectivity index (χ1v) is 7.35. The molecule has 0 aliphatic carbocycles. The number of benzene rings is 1. The van der Waals surface area contributed by atoms with Crippen LogP contribution in [0.3, 0.4) is 0 Å². The maximum absolute atomic E-state index is 9.01. The lowest BCUT2D eigenvalue weighted by molar-refractivity contribution is 0.0540. The molecule has 0 bridgehead atoms. The van der Waals surface area contributed by atoms with Crippen molar-refractivity contribution < 1.29 is 18.9 Å². The van der Waals surface area contributed by atoms with E-state index in [0.717, 1.165) is 0 Å². The average molecular weight is 337 g/mol. The lowest BCUT2D eigenvalue weighted by Gasteiger charge is -2.12. The Morgan fingerprint density at radius 3 is 2.61 bits per heavy atom. The fourth-order valence-corrected chi connectivity index (χ4v) is 2.22. The third kappa shape index (κ3) is 4.23. The molecule has 7 heteroatoms. The quantitative estimate of drug-likeness (QED) is 0.690. The summed E-state index contributed by atoms with van der Waals surface area (Å²) in [7, 11) is 3.16. The first kappa shape index (κ1) is 17.3. The molecule has 1 aromatic carbocycles. The highest BCUT2D eigenvalue weighted by Gasteiger charge is 2.12. The van der Waals surface area contributed by atoms with Gasteiger partial charge in [-0.3, -0.25) is 4.98 Å². The molecule has 2 rings (SSSR count). The molecule has 23 heavy (non-hydrogen) atoms. The molecule has 0 N–H and O–H groups in total. The van der Waals surface area contributed by atoms with E-state index < -0.39 is 0 Å². The first-order chi connectivity index (χ1) is 11.2. The number of ether oxygens (including phenoxy) is 4. The monoisotopic (exact) mass is 336 g/mol. The molecule has 0 aliphatic rings. The zero-order chi connectivity index (χ0) is 16.7. The number of nitrogens with zero attached hydrogens (tertiary/aromatic N) is 2. The number of pyridine rings is 1. The molecule has 0 amide bonds. The molecular formula is C16H17ClN2O4. The van der Waals surface area contributed by atoms with Crippen LogP contribution in [0.1, 0.15) is 5.56 Å². The van der Waals surface area contributed by atoms with Crippen molar-refractivity contribution in [1.82, 2.24) is 4.98 Å². The van der Waals surface area contributed by atoms with Gasteiger partial charge in [0.25, 0.3) is 0 Å². The number of hydrogen-bond donors (Lipinski definition) is 0. The molecule has 0 saturated heterocycles. The van der Waals surface area contributed by atoms with E-state index in [0.29, 0.717) is 59.4 Å². The third-order valence-electron chi connectivity index (χ3n) is 3.13. The van der Waals surface area contributed by atoms with Gasteiger partial charge in [0.05, 0.1) is 43.0 Å². The number of hydrogen-bond acceptors (Lipinski definition) is 6. The Hall–Kier alpha value is -2.07. The minimum Gasteiger partial charge on any atom is -0.493 e. The molecule has 0 saturated carbocycles. The Morgan fingerprint density at radius 2 is 1.91 bits per heavy atom. The summed E-state index contributed by atoms with van der Waals surface area (Å²) < 4.78 is 21.2. The summed E-state index contributed by atoms with van der Waals surface area (Å²) in [6.07, 6.45) is 1.44. The number of nitriles is 1.